The van der Waals surface area contributed by atoms with Gasteiger partial charge >= 0.3 is 5.97 Å². The van der Waals surface area contributed by atoms with Crippen LogP contribution in [0.4, 0.5) is 0 Å². The Kier molecular flexibility index (Phi) is 3.95. The molecule has 1 atom stereocenters. The molecule has 0 aromatic carbocycles. The van der Waals surface area contributed by atoms with Gasteiger partial charge in [0.25, 0.3) is 0 Å². The SMILES string of the molecule is C[Si](C)(C)CC(NC=O)C(=O)O. The van der Waals surface area contributed by atoms with E-state index in [1.807, 2.05) is 0 Å². The highest BCUT2D eigenvalue weighted by molar-refractivity contribution is 6.76. The number of carboxylic acid groups (broad SMARTS) is 1. The lowest BCUT2D eigenvalue weighted by atomic mass is 10.3. The molecule has 0 aliphatic heterocycles. The normalized spacial score (nSPS) is 13.6. The summed E-state index contributed by atoms with van der Waals surface area (Å²) in [6, 6.07) is -0.143. The number of hydrogen-bond acceptors (Lipinski definition) is 2. The van der Waals surface area contributed by atoms with E-state index in [0.717, 1.165) is 0 Å². The molecule has 1 unspecified atom stereocenters. The number of hydrogen-bond donors (Lipinski definition) is 2. The fourth-order valence-electron chi connectivity index (χ4n) is 0.912. The molecule has 0 spiro atoms. The van der Waals surface area contributed by atoms with Gasteiger partial charge in [0, 0.05) is 8.07 Å². The zero-order valence-electron chi connectivity index (χ0n) is 7.63. The van der Waals surface area contributed by atoms with E-state index in [1.54, 1.807) is 0 Å². The van der Waals surface area contributed by atoms with Crippen LogP contribution in [0.5, 0.6) is 0 Å². The average Bonchev–Trinajstić information content (AvgIpc) is 1.83. The number of aliphatic carboxylic acids is 1. The highest BCUT2D eigenvalue weighted by Crippen LogP contribution is 2.11. The molecule has 0 aromatic rings. The van der Waals surface area contributed by atoms with Gasteiger partial charge in [-0.15, -0.1) is 0 Å². The summed E-state index contributed by atoms with van der Waals surface area (Å²) in [7, 11) is -1.42. The van der Waals surface area contributed by atoms with Crippen molar-refractivity contribution >= 4 is 20.5 Å². The summed E-state index contributed by atoms with van der Waals surface area (Å²) in [5, 5.41) is 11.0. The van der Waals surface area contributed by atoms with Crippen LogP contribution in [0.25, 0.3) is 0 Å². The molecule has 0 rings (SSSR count). The van der Waals surface area contributed by atoms with E-state index in [0.29, 0.717) is 12.5 Å². The third-order valence-electron chi connectivity index (χ3n) is 1.38. The summed E-state index contributed by atoms with van der Waals surface area (Å²) < 4.78 is 0. The maximum atomic E-state index is 10.6. The molecule has 0 aliphatic rings. The second-order valence-corrected chi connectivity index (χ2v) is 9.47. The number of carbonyl (C=O) groups excluding carboxylic acids is 1. The zero-order chi connectivity index (χ0) is 9.78. The Morgan fingerprint density at radius 3 is 2.33 bits per heavy atom. The molecular weight excluding hydrogens is 174 g/mol. The van der Waals surface area contributed by atoms with E-state index < -0.39 is 20.1 Å². The van der Waals surface area contributed by atoms with Crippen molar-refractivity contribution in [3.63, 3.8) is 0 Å². The van der Waals surface area contributed by atoms with Gasteiger partial charge < -0.3 is 10.4 Å². The van der Waals surface area contributed by atoms with Gasteiger partial charge in [-0.1, -0.05) is 19.6 Å². The van der Waals surface area contributed by atoms with Crippen LogP contribution in [0.1, 0.15) is 0 Å². The molecule has 0 radical (unpaired) electrons. The van der Waals surface area contributed by atoms with Gasteiger partial charge in [-0.3, -0.25) is 9.59 Å². The molecule has 0 saturated carbocycles. The number of nitrogens with one attached hydrogen (secondary N) is 1. The van der Waals surface area contributed by atoms with E-state index in [4.69, 9.17) is 5.11 Å². The van der Waals surface area contributed by atoms with Crippen molar-refractivity contribution in [3.05, 3.63) is 0 Å². The van der Waals surface area contributed by atoms with Crippen LogP contribution in [0, 0.1) is 0 Å². The molecule has 0 saturated heterocycles. The van der Waals surface area contributed by atoms with Gasteiger partial charge in [0.15, 0.2) is 0 Å². The Morgan fingerprint density at radius 1 is 1.58 bits per heavy atom. The molecule has 5 heteroatoms. The Morgan fingerprint density at radius 2 is 2.08 bits per heavy atom. The quantitative estimate of drug-likeness (QED) is 0.489. The zero-order valence-corrected chi connectivity index (χ0v) is 8.63. The summed E-state index contributed by atoms with van der Waals surface area (Å²) >= 11 is 0. The number of carboxylic acids is 1. The molecule has 0 aromatic heterocycles. The predicted molar refractivity (Wildman–Crippen MR) is 48.8 cm³/mol. The monoisotopic (exact) mass is 189 g/mol. The fourth-order valence-corrected chi connectivity index (χ4v) is 2.43. The summed E-state index contributed by atoms with van der Waals surface area (Å²) in [6.07, 6.45) is 0.443. The Bertz CT molecular complexity index is 176. The predicted octanol–water partition coefficient (Wildman–Crippen LogP) is 0.524. The number of carbonyl (C=O) groups is 2. The smallest absolute Gasteiger partial charge is 0.325 e. The van der Waals surface area contributed by atoms with Gasteiger partial charge in [-0.25, -0.2) is 0 Å². The first-order chi connectivity index (χ1) is 5.37. The Balaban J connectivity index is 4.13. The van der Waals surface area contributed by atoms with Crippen LogP contribution in [-0.4, -0.2) is 31.6 Å². The molecule has 1 amide bonds. The van der Waals surface area contributed by atoms with E-state index >= 15 is 0 Å². The van der Waals surface area contributed by atoms with Crippen LogP contribution < -0.4 is 5.32 Å². The molecule has 70 valence electrons. The lowest BCUT2D eigenvalue weighted by Crippen LogP contribution is -2.41. The van der Waals surface area contributed by atoms with Crippen molar-refractivity contribution in [1.29, 1.82) is 0 Å². The highest BCUT2D eigenvalue weighted by atomic mass is 28.3. The topological polar surface area (TPSA) is 66.4 Å². The highest BCUT2D eigenvalue weighted by Gasteiger charge is 2.24. The van der Waals surface area contributed by atoms with Gasteiger partial charge in [0.2, 0.25) is 6.41 Å². The number of rotatable bonds is 5. The van der Waals surface area contributed by atoms with Gasteiger partial charge in [0.05, 0.1) is 0 Å². The molecule has 0 aliphatic carbocycles. The van der Waals surface area contributed by atoms with Crippen LogP contribution in [0.3, 0.4) is 0 Å². The molecule has 0 heterocycles. The van der Waals surface area contributed by atoms with Gasteiger partial charge in [-0.2, -0.15) is 0 Å². The number of amides is 1. The van der Waals surface area contributed by atoms with E-state index in [2.05, 4.69) is 25.0 Å². The molecule has 0 fully saturated rings. The fraction of sp³-hybridized carbons (Fsp3) is 0.714. The first kappa shape index (κ1) is 11.2. The van der Waals surface area contributed by atoms with Crippen molar-refractivity contribution in [2.75, 3.05) is 0 Å². The Labute approximate surface area is 73.0 Å². The van der Waals surface area contributed by atoms with Crippen molar-refractivity contribution in [1.82, 2.24) is 5.32 Å². The Hall–Kier alpha value is -0.843. The summed E-state index contributed by atoms with van der Waals surface area (Å²) in [6.45, 7) is 6.19. The first-order valence-corrected chi connectivity index (χ1v) is 7.50. The maximum absolute atomic E-state index is 10.6. The summed E-state index contributed by atoms with van der Waals surface area (Å²) in [5.41, 5.74) is 0. The maximum Gasteiger partial charge on any atom is 0.325 e. The third-order valence-corrected chi connectivity index (χ3v) is 3.02. The van der Waals surface area contributed by atoms with E-state index in [1.165, 1.54) is 0 Å². The average molecular weight is 189 g/mol. The minimum Gasteiger partial charge on any atom is -0.480 e. The molecule has 4 nitrogen and oxygen atoms in total. The van der Waals surface area contributed by atoms with Crippen LogP contribution in [0.15, 0.2) is 0 Å². The van der Waals surface area contributed by atoms with Gasteiger partial charge in [0.1, 0.15) is 6.04 Å². The van der Waals surface area contributed by atoms with Crippen LogP contribution in [-0.2, 0) is 9.59 Å². The summed E-state index contributed by atoms with van der Waals surface area (Å²) in [4.78, 5) is 20.6. The van der Waals surface area contributed by atoms with Crippen molar-refractivity contribution < 1.29 is 14.7 Å². The van der Waals surface area contributed by atoms with Crippen molar-refractivity contribution in [2.24, 2.45) is 0 Å². The summed E-state index contributed by atoms with van der Waals surface area (Å²) in [5.74, 6) is -0.954. The van der Waals surface area contributed by atoms with E-state index in [-0.39, 0.29) is 0 Å². The van der Waals surface area contributed by atoms with Crippen LogP contribution >= 0.6 is 0 Å². The minimum absolute atomic E-state index is 0.443. The molecule has 0 bridgehead atoms. The van der Waals surface area contributed by atoms with Crippen LogP contribution in [0.2, 0.25) is 25.7 Å². The first-order valence-electron chi connectivity index (χ1n) is 3.79. The second-order valence-electron chi connectivity index (χ2n) is 3.94. The van der Waals surface area contributed by atoms with Gasteiger partial charge in [-0.05, 0) is 6.04 Å². The minimum atomic E-state index is -1.42. The van der Waals surface area contributed by atoms with Crippen molar-refractivity contribution in [2.45, 2.75) is 31.7 Å². The molecular formula is C7H15NO3Si. The largest absolute Gasteiger partial charge is 0.480 e. The molecule has 2 N–H and O–H groups in total. The van der Waals surface area contributed by atoms with E-state index in [9.17, 15) is 9.59 Å². The lowest BCUT2D eigenvalue weighted by Gasteiger charge is -2.20. The molecule has 12 heavy (non-hydrogen) atoms. The second kappa shape index (κ2) is 4.25. The lowest BCUT2D eigenvalue weighted by molar-refractivity contribution is -0.140. The standard InChI is InChI=1S/C7H15NO3Si/c1-12(2,3)4-6(7(10)11)8-5-9/h5-6H,4H2,1-3H3,(H,8,9)(H,10,11). The van der Waals surface area contributed by atoms with Crippen molar-refractivity contribution in [3.8, 4) is 0 Å². The third kappa shape index (κ3) is 4.89.